The normalized spacial score (nSPS) is 13.5. The summed E-state index contributed by atoms with van der Waals surface area (Å²) in [6, 6.07) is 12.2. The summed E-state index contributed by atoms with van der Waals surface area (Å²) in [7, 11) is 6.22. The number of hydrogen-bond donors (Lipinski definition) is 2. The number of phenols is 1. The van der Waals surface area contributed by atoms with Crippen LogP contribution in [0.1, 0.15) is 25.3 Å². The Labute approximate surface area is 169 Å². The van der Waals surface area contributed by atoms with Gasteiger partial charge in [-0.15, -0.1) is 15.0 Å². The largest absolute Gasteiger partial charge is 0.506 e. The van der Waals surface area contributed by atoms with E-state index in [4.69, 9.17) is 17.3 Å². The van der Waals surface area contributed by atoms with Crippen molar-refractivity contribution in [2.24, 2.45) is 5.73 Å². The Kier molecular flexibility index (Phi) is 6.77. The molecule has 3 N–H and O–H groups in total. The molecule has 0 saturated carbocycles. The topological polar surface area (TPSA) is 94.0 Å². The van der Waals surface area contributed by atoms with Crippen LogP contribution < -0.4 is 5.73 Å². The smallest absolute Gasteiger partial charge is 0.228 e. The molecule has 150 valence electrons. The summed E-state index contributed by atoms with van der Waals surface area (Å²) in [5, 5.41) is 18.2. The van der Waals surface area contributed by atoms with Gasteiger partial charge in [-0.1, -0.05) is 25.1 Å². The van der Waals surface area contributed by atoms with Crippen molar-refractivity contribution >= 4 is 27.9 Å². The van der Waals surface area contributed by atoms with E-state index in [9.17, 15) is 9.90 Å². The van der Waals surface area contributed by atoms with Gasteiger partial charge in [0.15, 0.2) is 0 Å². The molecule has 1 heterocycles. The Balaban J connectivity index is 0.000000345. The number of hydrogen-bond acceptors (Lipinski definition) is 5. The molecule has 3 rings (SSSR count). The molecule has 0 bridgehead atoms. The van der Waals surface area contributed by atoms with E-state index in [1.807, 2.05) is 31.2 Å². The summed E-state index contributed by atoms with van der Waals surface area (Å²) in [5.74, 6) is -0.427. The van der Waals surface area contributed by atoms with Crippen molar-refractivity contribution in [3.8, 4) is 11.4 Å². The molecule has 1 aromatic heterocycles. The molecule has 7 nitrogen and oxygen atoms in total. The zero-order valence-electron chi connectivity index (χ0n) is 16.8. The first-order chi connectivity index (χ1) is 13.0. The van der Waals surface area contributed by atoms with Crippen molar-refractivity contribution in [3.05, 3.63) is 48.0 Å². The molecule has 0 aliphatic rings. The van der Waals surface area contributed by atoms with Gasteiger partial charge in [-0.25, -0.2) is 0 Å². The van der Waals surface area contributed by atoms with Crippen molar-refractivity contribution < 1.29 is 14.4 Å². The zero-order chi connectivity index (χ0) is 21.1. The number of quaternary nitrogens is 1. The monoisotopic (exact) mass is 404 g/mol. The molecule has 3 aromatic rings. The number of rotatable bonds is 4. The van der Waals surface area contributed by atoms with Crippen LogP contribution in [0.25, 0.3) is 16.7 Å². The number of carbonyl (C=O) groups excluding carboxylic acids is 1. The number of benzene rings is 2. The lowest BCUT2D eigenvalue weighted by Gasteiger charge is -2.27. The van der Waals surface area contributed by atoms with Crippen molar-refractivity contribution in [2.45, 2.75) is 25.9 Å². The lowest BCUT2D eigenvalue weighted by molar-refractivity contribution is -0.893. The van der Waals surface area contributed by atoms with Crippen molar-refractivity contribution in [2.75, 3.05) is 21.1 Å². The number of nitrogens with two attached hydrogens (primary N) is 1. The number of halogens is 1. The minimum Gasteiger partial charge on any atom is -0.506 e. The third-order valence-electron chi connectivity index (χ3n) is 4.56. The second-order valence-electron chi connectivity index (χ2n) is 7.61. The Morgan fingerprint density at radius 1 is 1.11 bits per heavy atom. The maximum atomic E-state index is 11.3. The highest BCUT2D eigenvalue weighted by molar-refractivity contribution is 6.64. The fraction of sp³-hybridized carbons (Fsp3) is 0.350. The van der Waals surface area contributed by atoms with Crippen molar-refractivity contribution in [1.82, 2.24) is 15.0 Å². The maximum absolute atomic E-state index is 11.3. The summed E-state index contributed by atoms with van der Waals surface area (Å²) in [4.78, 5) is 12.6. The minimum absolute atomic E-state index is 0.0354. The summed E-state index contributed by atoms with van der Waals surface area (Å²) in [6.07, 6.45) is 0.236. The molecule has 0 amide bonds. The number of nitrogens with zero attached hydrogens (tertiary/aromatic N) is 4. The standard InChI is InChI=1S/C15H12ClN3O2.C5H15N2/c1-9(15(16)21)10-6-7-14(20)13(8-10)19-17-11-4-2-3-5-12(11)18-19;1-5(6)7(2,3)4/h2-9,20H,1H3;5H,6H2,1-4H3/q;+1. The van der Waals surface area contributed by atoms with Crippen LogP contribution in [0.3, 0.4) is 0 Å². The predicted octanol–water partition coefficient (Wildman–Crippen LogP) is 2.99. The average Bonchev–Trinajstić information content (AvgIpc) is 3.05. The van der Waals surface area contributed by atoms with Gasteiger partial charge in [0.2, 0.25) is 5.24 Å². The Morgan fingerprint density at radius 2 is 1.61 bits per heavy atom. The molecule has 0 saturated heterocycles. The van der Waals surface area contributed by atoms with Gasteiger partial charge in [-0.3, -0.25) is 10.5 Å². The average molecular weight is 405 g/mol. The van der Waals surface area contributed by atoms with Crippen LogP contribution in [-0.2, 0) is 4.79 Å². The van der Waals surface area contributed by atoms with E-state index in [-0.39, 0.29) is 11.9 Å². The second-order valence-corrected chi connectivity index (χ2v) is 7.98. The van der Waals surface area contributed by atoms with E-state index in [1.165, 1.54) is 10.9 Å². The Hall–Kier alpha value is -2.48. The number of aromatic nitrogens is 3. The van der Waals surface area contributed by atoms with Gasteiger partial charge in [-0.2, -0.15) is 0 Å². The van der Waals surface area contributed by atoms with Crippen LogP contribution in [0.2, 0.25) is 0 Å². The Bertz CT molecular complexity index is 930. The van der Waals surface area contributed by atoms with Gasteiger partial charge >= 0.3 is 0 Å². The lowest BCUT2D eigenvalue weighted by Crippen LogP contribution is -2.48. The van der Waals surface area contributed by atoms with E-state index >= 15 is 0 Å². The molecule has 28 heavy (non-hydrogen) atoms. The zero-order valence-corrected chi connectivity index (χ0v) is 17.6. The highest BCUT2D eigenvalue weighted by Crippen LogP contribution is 2.27. The molecule has 8 heteroatoms. The van der Waals surface area contributed by atoms with Gasteiger partial charge in [0.1, 0.15) is 28.6 Å². The number of carbonyl (C=O) groups is 1. The number of aromatic hydroxyl groups is 1. The van der Waals surface area contributed by atoms with Gasteiger partial charge in [-0.05, 0) is 41.4 Å². The molecule has 2 atom stereocenters. The van der Waals surface area contributed by atoms with Crippen LogP contribution >= 0.6 is 11.6 Å². The summed E-state index contributed by atoms with van der Waals surface area (Å²) < 4.78 is 0.833. The minimum atomic E-state index is -0.462. The molecular formula is C20H27ClN5O2+. The molecule has 2 aromatic carbocycles. The first-order valence-corrected chi connectivity index (χ1v) is 9.30. The number of phenolic OH excluding ortho intramolecular Hbond substituents is 1. The van der Waals surface area contributed by atoms with E-state index in [1.54, 1.807) is 19.1 Å². The van der Waals surface area contributed by atoms with E-state index in [0.29, 0.717) is 11.3 Å². The molecule has 0 fully saturated rings. The fourth-order valence-electron chi connectivity index (χ4n) is 2.07. The van der Waals surface area contributed by atoms with Crippen molar-refractivity contribution in [3.63, 3.8) is 0 Å². The van der Waals surface area contributed by atoms with E-state index in [2.05, 4.69) is 31.3 Å². The molecule has 0 spiro atoms. The predicted molar refractivity (Wildman–Crippen MR) is 111 cm³/mol. The van der Waals surface area contributed by atoms with Crippen LogP contribution in [0, 0.1) is 0 Å². The van der Waals surface area contributed by atoms with Gasteiger partial charge < -0.3 is 9.59 Å². The summed E-state index contributed by atoms with van der Waals surface area (Å²) in [5.41, 5.74) is 8.10. The highest BCUT2D eigenvalue weighted by atomic mass is 35.5. The SMILES string of the molecule is CC(C(=O)Cl)c1ccc(O)c(-n2nc3ccccc3n2)c1.CC(N)[N+](C)(C)C. The molecule has 0 aliphatic heterocycles. The maximum Gasteiger partial charge on any atom is 0.228 e. The van der Waals surface area contributed by atoms with Crippen molar-refractivity contribution in [1.29, 1.82) is 0 Å². The van der Waals surface area contributed by atoms with Gasteiger partial charge in [0.05, 0.1) is 27.1 Å². The van der Waals surface area contributed by atoms with Crippen LogP contribution in [-0.4, -0.2) is 57.1 Å². The quantitative estimate of drug-likeness (QED) is 0.396. The van der Waals surface area contributed by atoms with E-state index in [0.717, 1.165) is 15.5 Å². The summed E-state index contributed by atoms with van der Waals surface area (Å²) >= 11 is 5.53. The fourth-order valence-corrected chi connectivity index (χ4v) is 2.19. The highest BCUT2D eigenvalue weighted by Gasteiger charge is 2.16. The molecule has 0 radical (unpaired) electrons. The second kappa shape index (κ2) is 8.68. The lowest BCUT2D eigenvalue weighted by atomic mass is 10.0. The Morgan fingerprint density at radius 3 is 2.04 bits per heavy atom. The first kappa shape index (κ1) is 21.8. The number of fused-ring (bicyclic) bond motifs is 1. The molecule has 0 aliphatic carbocycles. The van der Waals surface area contributed by atoms with Crippen LogP contribution in [0.4, 0.5) is 0 Å². The third kappa shape index (κ3) is 5.28. The first-order valence-electron chi connectivity index (χ1n) is 8.92. The van der Waals surface area contributed by atoms with Gasteiger partial charge in [0, 0.05) is 6.92 Å². The van der Waals surface area contributed by atoms with Crippen LogP contribution in [0.5, 0.6) is 5.75 Å². The molecule has 2 unspecified atom stereocenters. The molecular weight excluding hydrogens is 378 g/mol. The van der Waals surface area contributed by atoms with E-state index < -0.39 is 11.2 Å². The third-order valence-corrected chi connectivity index (χ3v) is 4.89. The van der Waals surface area contributed by atoms with Crippen LogP contribution in [0.15, 0.2) is 42.5 Å². The van der Waals surface area contributed by atoms with Gasteiger partial charge in [0.25, 0.3) is 0 Å². The summed E-state index contributed by atoms with van der Waals surface area (Å²) in [6.45, 7) is 3.71.